The lowest BCUT2D eigenvalue weighted by Crippen LogP contribution is -2.38. The molecule has 0 radical (unpaired) electrons. The van der Waals surface area contributed by atoms with E-state index in [0.717, 1.165) is 50.3 Å². The van der Waals surface area contributed by atoms with Gasteiger partial charge in [0.1, 0.15) is 5.82 Å². The Hall–Kier alpha value is -2.45. The minimum absolute atomic E-state index is 0.0533. The zero-order valence-corrected chi connectivity index (χ0v) is 19.2. The summed E-state index contributed by atoms with van der Waals surface area (Å²) in [6.07, 6.45) is 5.88. The molecule has 1 aliphatic carbocycles. The van der Waals surface area contributed by atoms with E-state index in [2.05, 4.69) is 31.3 Å². The summed E-state index contributed by atoms with van der Waals surface area (Å²) in [6, 6.07) is 6.07. The zero-order chi connectivity index (χ0) is 22.4. The summed E-state index contributed by atoms with van der Waals surface area (Å²) in [4.78, 5) is 21.4. The molecule has 1 fully saturated rings. The van der Waals surface area contributed by atoms with Gasteiger partial charge >= 0.3 is 0 Å². The molecule has 8 nitrogen and oxygen atoms in total. The van der Waals surface area contributed by atoms with Crippen LogP contribution in [0.5, 0.6) is 0 Å². The number of aliphatic hydroxyl groups is 1. The van der Waals surface area contributed by atoms with Crippen molar-refractivity contribution in [3.05, 3.63) is 41.3 Å². The second-order valence-corrected chi connectivity index (χ2v) is 8.73. The molecule has 1 aliphatic rings. The van der Waals surface area contributed by atoms with Crippen LogP contribution in [0.4, 0.5) is 5.82 Å². The predicted octanol–water partition coefficient (Wildman–Crippen LogP) is 1.63. The second kappa shape index (κ2) is 10.7. The fraction of sp³-hybridized carbons (Fsp3) is 0.609. The summed E-state index contributed by atoms with van der Waals surface area (Å²) in [7, 11) is 5.95. The van der Waals surface area contributed by atoms with Gasteiger partial charge in [-0.2, -0.15) is 5.10 Å². The van der Waals surface area contributed by atoms with Crippen molar-refractivity contribution in [2.75, 3.05) is 45.2 Å². The van der Waals surface area contributed by atoms with Crippen LogP contribution in [0.1, 0.15) is 41.0 Å². The Kier molecular flexibility index (Phi) is 8.03. The van der Waals surface area contributed by atoms with Crippen LogP contribution < -0.4 is 10.2 Å². The number of hydrogen-bond acceptors (Lipinski definition) is 6. The number of carbonyl (C=O) groups excluding carboxylic acids is 1. The van der Waals surface area contributed by atoms with Crippen LogP contribution in [0.3, 0.4) is 0 Å². The van der Waals surface area contributed by atoms with E-state index in [0.29, 0.717) is 18.0 Å². The van der Waals surface area contributed by atoms with Gasteiger partial charge in [-0.1, -0.05) is 6.42 Å². The SMILES string of the molecule is Cc1cc(CC2CCCC2NC(=O)c2ccc(N(C)CCN(C)CCO)nc2)n(C)n1. The highest BCUT2D eigenvalue weighted by Gasteiger charge is 2.29. The van der Waals surface area contributed by atoms with E-state index in [1.807, 2.05) is 44.9 Å². The van der Waals surface area contributed by atoms with Gasteiger partial charge in [-0.3, -0.25) is 9.48 Å². The molecule has 2 N–H and O–H groups in total. The third-order valence-electron chi connectivity index (χ3n) is 6.25. The number of anilines is 1. The first kappa shape index (κ1) is 23.2. The number of aromatic nitrogens is 3. The summed E-state index contributed by atoms with van der Waals surface area (Å²) in [6.45, 7) is 4.46. The molecule has 8 heteroatoms. The zero-order valence-electron chi connectivity index (χ0n) is 19.2. The fourth-order valence-corrected chi connectivity index (χ4v) is 4.31. The van der Waals surface area contributed by atoms with Crippen molar-refractivity contribution in [2.45, 2.75) is 38.6 Å². The predicted molar refractivity (Wildman–Crippen MR) is 122 cm³/mol. The summed E-state index contributed by atoms with van der Waals surface area (Å²) in [5.74, 6) is 1.22. The molecule has 2 aromatic heterocycles. The number of nitrogens with one attached hydrogen (secondary N) is 1. The lowest BCUT2D eigenvalue weighted by Gasteiger charge is -2.23. The first-order valence-corrected chi connectivity index (χ1v) is 11.1. The molecule has 0 aromatic carbocycles. The van der Waals surface area contributed by atoms with Crippen LogP contribution >= 0.6 is 0 Å². The van der Waals surface area contributed by atoms with Crippen molar-refractivity contribution in [1.29, 1.82) is 0 Å². The summed E-state index contributed by atoms with van der Waals surface area (Å²) in [5.41, 5.74) is 2.85. The summed E-state index contributed by atoms with van der Waals surface area (Å²) >= 11 is 0. The molecule has 2 atom stereocenters. The Morgan fingerprint density at radius 1 is 1.26 bits per heavy atom. The van der Waals surface area contributed by atoms with E-state index >= 15 is 0 Å². The maximum atomic E-state index is 12.8. The number of carbonyl (C=O) groups is 1. The normalized spacial score (nSPS) is 18.5. The Labute approximate surface area is 185 Å². The van der Waals surface area contributed by atoms with Crippen molar-refractivity contribution >= 4 is 11.7 Å². The van der Waals surface area contributed by atoms with Gasteiger partial charge in [-0.15, -0.1) is 0 Å². The quantitative estimate of drug-likeness (QED) is 0.598. The van der Waals surface area contributed by atoms with Crippen LogP contribution in [-0.2, 0) is 13.5 Å². The molecule has 31 heavy (non-hydrogen) atoms. The molecule has 3 rings (SSSR count). The largest absolute Gasteiger partial charge is 0.395 e. The van der Waals surface area contributed by atoms with E-state index in [4.69, 9.17) is 5.11 Å². The van der Waals surface area contributed by atoms with Gasteiger partial charge in [-0.25, -0.2) is 4.98 Å². The minimum Gasteiger partial charge on any atom is -0.395 e. The molecule has 1 saturated carbocycles. The number of amides is 1. The topological polar surface area (TPSA) is 86.5 Å². The van der Waals surface area contributed by atoms with Gasteiger partial charge in [0.2, 0.25) is 0 Å². The second-order valence-electron chi connectivity index (χ2n) is 8.73. The summed E-state index contributed by atoms with van der Waals surface area (Å²) in [5, 5.41) is 16.7. The minimum atomic E-state index is -0.0533. The Bertz CT molecular complexity index is 850. The molecule has 0 spiro atoms. The molecule has 2 unspecified atom stereocenters. The molecule has 2 aromatic rings. The fourth-order valence-electron chi connectivity index (χ4n) is 4.31. The molecule has 0 aliphatic heterocycles. The van der Waals surface area contributed by atoms with Crippen molar-refractivity contribution < 1.29 is 9.90 Å². The smallest absolute Gasteiger partial charge is 0.253 e. The van der Waals surface area contributed by atoms with Gasteiger partial charge in [0.25, 0.3) is 5.91 Å². The lowest BCUT2D eigenvalue weighted by atomic mass is 9.97. The van der Waals surface area contributed by atoms with Gasteiger partial charge in [0.05, 0.1) is 17.9 Å². The van der Waals surface area contributed by atoms with E-state index in [1.54, 1.807) is 6.20 Å². The number of aliphatic hydroxyl groups excluding tert-OH is 1. The average Bonchev–Trinajstić information content (AvgIpc) is 3.31. The summed E-state index contributed by atoms with van der Waals surface area (Å²) < 4.78 is 1.95. The third kappa shape index (κ3) is 6.27. The van der Waals surface area contributed by atoms with Crippen LogP contribution in [0.15, 0.2) is 24.4 Å². The first-order valence-electron chi connectivity index (χ1n) is 11.1. The Balaban J connectivity index is 1.54. The molecule has 170 valence electrons. The molecule has 2 heterocycles. The highest BCUT2D eigenvalue weighted by Crippen LogP contribution is 2.29. The number of rotatable bonds is 10. The standard InChI is InChI=1S/C23H36N6O2/c1-17-14-20(29(4)26-17)15-18-6-5-7-21(18)25-23(31)19-8-9-22(24-16-19)28(3)11-10-27(2)12-13-30/h8-9,14,16,18,21,30H,5-7,10-13,15H2,1-4H3,(H,25,31). The van der Waals surface area contributed by atoms with E-state index in [-0.39, 0.29) is 18.6 Å². The van der Waals surface area contributed by atoms with Crippen LogP contribution in [-0.4, -0.2) is 77.1 Å². The molecule has 0 saturated heterocycles. The Morgan fingerprint density at radius 2 is 2.06 bits per heavy atom. The van der Waals surface area contributed by atoms with Crippen molar-refractivity contribution in [2.24, 2.45) is 13.0 Å². The maximum absolute atomic E-state index is 12.8. The highest BCUT2D eigenvalue weighted by molar-refractivity contribution is 5.94. The number of hydrogen-bond donors (Lipinski definition) is 2. The number of pyridine rings is 1. The Morgan fingerprint density at radius 3 is 2.71 bits per heavy atom. The monoisotopic (exact) mass is 428 g/mol. The maximum Gasteiger partial charge on any atom is 0.253 e. The number of aryl methyl sites for hydroxylation is 2. The van der Waals surface area contributed by atoms with Crippen LogP contribution in [0.25, 0.3) is 0 Å². The molecular formula is C23H36N6O2. The van der Waals surface area contributed by atoms with Crippen LogP contribution in [0, 0.1) is 12.8 Å². The van der Waals surface area contributed by atoms with E-state index in [1.165, 1.54) is 5.69 Å². The first-order chi connectivity index (χ1) is 14.9. The van der Waals surface area contributed by atoms with Gasteiger partial charge in [-0.05, 0) is 57.4 Å². The lowest BCUT2D eigenvalue weighted by molar-refractivity contribution is 0.0927. The van der Waals surface area contributed by atoms with Gasteiger partial charge in [0, 0.05) is 51.7 Å². The molecule has 0 bridgehead atoms. The van der Waals surface area contributed by atoms with Crippen molar-refractivity contribution in [1.82, 2.24) is 25.0 Å². The van der Waals surface area contributed by atoms with Gasteiger partial charge < -0.3 is 20.2 Å². The highest BCUT2D eigenvalue weighted by atomic mass is 16.3. The number of likely N-dealkylation sites (N-methyl/N-ethyl adjacent to an activating group) is 2. The van der Waals surface area contributed by atoms with E-state index in [9.17, 15) is 4.79 Å². The van der Waals surface area contributed by atoms with Crippen LogP contribution in [0.2, 0.25) is 0 Å². The number of nitrogens with zero attached hydrogens (tertiary/aromatic N) is 5. The van der Waals surface area contributed by atoms with E-state index < -0.39 is 0 Å². The third-order valence-corrected chi connectivity index (χ3v) is 6.25. The van der Waals surface area contributed by atoms with Crippen molar-refractivity contribution in [3.63, 3.8) is 0 Å². The molecular weight excluding hydrogens is 392 g/mol. The molecule has 1 amide bonds. The van der Waals surface area contributed by atoms with Crippen molar-refractivity contribution in [3.8, 4) is 0 Å². The average molecular weight is 429 g/mol. The van der Waals surface area contributed by atoms with Gasteiger partial charge in [0.15, 0.2) is 0 Å².